The number of ether oxygens (including phenoxy) is 1. The quantitative estimate of drug-likeness (QED) is 0.517. The minimum Gasteiger partial charge on any atom is -0.496 e. The minimum absolute atomic E-state index is 0.169. The molecule has 5 nitrogen and oxygen atoms in total. The molecular formula is C20H22BrN3O2. The Morgan fingerprint density at radius 2 is 2.08 bits per heavy atom. The van der Waals surface area contributed by atoms with E-state index in [-0.39, 0.29) is 6.10 Å². The number of nitrogens with zero attached hydrogens (tertiary/aromatic N) is 3. The van der Waals surface area contributed by atoms with Crippen LogP contribution in [0.25, 0.3) is 0 Å². The van der Waals surface area contributed by atoms with Crippen molar-refractivity contribution in [3.8, 4) is 5.75 Å². The average Bonchev–Trinajstić information content (AvgIpc) is 3.10. The Kier molecular flexibility index (Phi) is 5.61. The number of aliphatic imine (C=N–C) groups is 1. The zero-order chi connectivity index (χ0) is 18.7. The van der Waals surface area contributed by atoms with Crippen molar-refractivity contribution in [1.29, 1.82) is 0 Å². The van der Waals surface area contributed by atoms with Crippen molar-refractivity contribution in [3.05, 3.63) is 57.6 Å². The third-order valence-corrected chi connectivity index (χ3v) is 4.87. The molecule has 0 N–H and O–H groups in total. The van der Waals surface area contributed by atoms with E-state index in [2.05, 4.69) is 32.1 Å². The second kappa shape index (κ2) is 7.91. The van der Waals surface area contributed by atoms with Gasteiger partial charge in [-0.05, 0) is 24.6 Å². The first-order valence-corrected chi connectivity index (χ1v) is 9.15. The van der Waals surface area contributed by atoms with E-state index in [1.54, 1.807) is 13.4 Å². The lowest BCUT2D eigenvalue weighted by atomic mass is 9.97. The van der Waals surface area contributed by atoms with Crippen molar-refractivity contribution in [2.24, 2.45) is 10.1 Å². The van der Waals surface area contributed by atoms with Gasteiger partial charge in [0.15, 0.2) is 6.10 Å². The summed E-state index contributed by atoms with van der Waals surface area (Å²) in [5, 5.41) is 4.31. The zero-order valence-corrected chi connectivity index (χ0v) is 16.9. The average molecular weight is 416 g/mol. The molecule has 0 spiro atoms. The molecule has 6 heteroatoms. The molecular weight excluding hydrogens is 394 g/mol. The van der Waals surface area contributed by atoms with Crippen molar-refractivity contribution in [2.45, 2.75) is 19.4 Å². The van der Waals surface area contributed by atoms with Gasteiger partial charge in [-0.1, -0.05) is 39.3 Å². The predicted octanol–water partition coefficient (Wildman–Crippen LogP) is 4.85. The summed E-state index contributed by atoms with van der Waals surface area (Å²) in [7, 11) is 5.55. The van der Waals surface area contributed by atoms with E-state index in [4.69, 9.17) is 9.57 Å². The Morgan fingerprint density at radius 3 is 2.77 bits per heavy atom. The van der Waals surface area contributed by atoms with Crippen molar-refractivity contribution in [1.82, 2.24) is 4.90 Å². The Morgan fingerprint density at radius 1 is 1.31 bits per heavy atom. The lowest BCUT2D eigenvalue weighted by Crippen LogP contribution is -2.07. The first kappa shape index (κ1) is 18.5. The Bertz CT molecular complexity index is 862. The van der Waals surface area contributed by atoms with Crippen LogP contribution >= 0.6 is 15.9 Å². The summed E-state index contributed by atoms with van der Waals surface area (Å²) < 4.78 is 6.61. The molecule has 0 aliphatic carbocycles. The molecule has 0 saturated carbocycles. The summed E-state index contributed by atoms with van der Waals surface area (Å²) >= 11 is 3.58. The number of rotatable bonds is 5. The monoisotopic (exact) mass is 415 g/mol. The third kappa shape index (κ3) is 3.90. The lowest BCUT2D eigenvalue weighted by molar-refractivity contribution is 0.0836. The lowest BCUT2D eigenvalue weighted by Gasteiger charge is -2.16. The molecule has 1 aliphatic rings. The fourth-order valence-corrected chi connectivity index (χ4v) is 3.36. The Balaban J connectivity index is 1.87. The number of methoxy groups -OCH3 is 1. The highest BCUT2D eigenvalue weighted by Gasteiger charge is 2.28. The summed E-state index contributed by atoms with van der Waals surface area (Å²) in [6.45, 7) is 2.04. The standard InChI is InChI=1S/C20H22BrN3O2/c1-13-9-15(19(25-4)10-17(13)22-12-24(2)3)20-11-18(23-26-20)14-7-5-6-8-16(14)21/h5-10,12,20H,11H2,1-4H3. The van der Waals surface area contributed by atoms with E-state index in [0.29, 0.717) is 6.42 Å². The van der Waals surface area contributed by atoms with Gasteiger partial charge in [0.05, 0.1) is 24.8 Å². The fraction of sp³-hybridized carbons (Fsp3) is 0.300. The molecule has 0 radical (unpaired) electrons. The van der Waals surface area contributed by atoms with Crippen LogP contribution in [-0.2, 0) is 4.84 Å². The molecule has 0 fully saturated rings. The highest BCUT2D eigenvalue weighted by molar-refractivity contribution is 9.10. The van der Waals surface area contributed by atoms with Gasteiger partial charge >= 0.3 is 0 Å². The topological polar surface area (TPSA) is 46.4 Å². The van der Waals surface area contributed by atoms with Crippen molar-refractivity contribution in [2.75, 3.05) is 21.2 Å². The molecule has 26 heavy (non-hydrogen) atoms. The van der Waals surface area contributed by atoms with Gasteiger partial charge < -0.3 is 14.5 Å². The van der Waals surface area contributed by atoms with Gasteiger partial charge in [-0.15, -0.1) is 0 Å². The highest BCUT2D eigenvalue weighted by Crippen LogP contribution is 2.39. The van der Waals surface area contributed by atoms with E-state index in [9.17, 15) is 0 Å². The first-order chi connectivity index (χ1) is 12.5. The maximum Gasteiger partial charge on any atom is 0.161 e. The van der Waals surface area contributed by atoms with Crippen molar-refractivity contribution in [3.63, 3.8) is 0 Å². The largest absolute Gasteiger partial charge is 0.496 e. The predicted molar refractivity (Wildman–Crippen MR) is 109 cm³/mol. The normalized spacial score (nSPS) is 16.5. The van der Waals surface area contributed by atoms with Gasteiger partial charge in [0.2, 0.25) is 0 Å². The molecule has 2 aromatic rings. The van der Waals surface area contributed by atoms with Crippen molar-refractivity contribution < 1.29 is 9.57 Å². The van der Waals surface area contributed by atoms with Crippen LogP contribution in [0.2, 0.25) is 0 Å². The van der Waals surface area contributed by atoms with Crippen LogP contribution in [0, 0.1) is 6.92 Å². The molecule has 1 heterocycles. The second-order valence-electron chi connectivity index (χ2n) is 6.40. The summed E-state index contributed by atoms with van der Waals surface area (Å²) in [5.41, 5.74) is 4.91. The summed E-state index contributed by atoms with van der Waals surface area (Å²) in [4.78, 5) is 12.1. The van der Waals surface area contributed by atoms with Crippen LogP contribution in [0.3, 0.4) is 0 Å². The Labute approximate surface area is 162 Å². The number of halogens is 1. The maximum absolute atomic E-state index is 5.74. The van der Waals surface area contributed by atoms with Crippen LogP contribution in [0.5, 0.6) is 5.75 Å². The second-order valence-corrected chi connectivity index (χ2v) is 7.26. The van der Waals surface area contributed by atoms with Gasteiger partial charge in [0.25, 0.3) is 0 Å². The number of benzene rings is 2. The number of aryl methyl sites for hydroxylation is 1. The van der Waals surface area contributed by atoms with Gasteiger partial charge in [0.1, 0.15) is 5.75 Å². The van der Waals surface area contributed by atoms with Crippen molar-refractivity contribution >= 4 is 33.7 Å². The summed E-state index contributed by atoms with van der Waals surface area (Å²) in [6, 6.07) is 12.1. The molecule has 2 aromatic carbocycles. The number of oxime groups is 1. The highest BCUT2D eigenvalue weighted by atomic mass is 79.9. The third-order valence-electron chi connectivity index (χ3n) is 4.18. The summed E-state index contributed by atoms with van der Waals surface area (Å²) in [6.07, 6.45) is 2.30. The Hall–Kier alpha value is -2.34. The SMILES string of the molecule is COc1cc(N=CN(C)C)c(C)cc1C1CC(c2ccccc2Br)=NO1. The van der Waals surface area contributed by atoms with Crippen LogP contribution in [0.15, 0.2) is 51.0 Å². The van der Waals surface area contributed by atoms with Crippen LogP contribution < -0.4 is 4.74 Å². The van der Waals surface area contributed by atoms with Gasteiger partial charge in [-0.25, -0.2) is 4.99 Å². The molecule has 1 unspecified atom stereocenters. The van der Waals surface area contributed by atoms with E-state index in [1.165, 1.54) is 0 Å². The molecule has 3 rings (SSSR count). The van der Waals surface area contributed by atoms with E-state index in [1.807, 2.05) is 56.3 Å². The van der Waals surface area contributed by atoms with Crippen LogP contribution in [0.1, 0.15) is 29.2 Å². The molecule has 0 bridgehead atoms. The zero-order valence-electron chi connectivity index (χ0n) is 15.4. The smallest absolute Gasteiger partial charge is 0.161 e. The van der Waals surface area contributed by atoms with E-state index >= 15 is 0 Å². The number of hydrogen-bond donors (Lipinski definition) is 0. The maximum atomic E-state index is 5.74. The molecule has 0 aromatic heterocycles. The molecule has 0 amide bonds. The molecule has 136 valence electrons. The minimum atomic E-state index is -0.169. The number of hydrogen-bond acceptors (Lipinski definition) is 4. The first-order valence-electron chi connectivity index (χ1n) is 8.36. The van der Waals surface area contributed by atoms with Gasteiger partial charge in [-0.3, -0.25) is 0 Å². The van der Waals surface area contributed by atoms with E-state index < -0.39 is 0 Å². The summed E-state index contributed by atoms with van der Waals surface area (Å²) in [5.74, 6) is 0.759. The van der Waals surface area contributed by atoms with Gasteiger partial charge in [0, 0.05) is 42.2 Å². The molecule has 1 aliphatic heterocycles. The van der Waals surface area contributed by atoms with E-state index in [0.717, 1.165) is 38.3 Å². The van der Waals surface area contributed by atoms with Crippen LogP contribution in [0.4, 0.5) is 5.69 Å². The molecule has 1 atom stereocenters. The fourth-order valence-electron chi connectivity index (χ4n) is 2.84. The molecule has 0 saturated heterocycles. The van der Waals surface area contributed by atoms with Crippen LogP contribution in [-0.4, -0.2) is 38.2 Å². The van der Waals surface area contributed by atoms with Gasteiger partial charge in [-0.2, -0.15) is 0 Å².